The van der Waals surface area contributed by atoms with Gasteiger partial charge in [0.15, 0.2) is 11.9 Å². The van der Waals surface area contributed by atoms with Gasteiger partial charge in [0, 0.05) is 24.1 Å². The number of aromatic amines is 1. The van der Waals surface area contributed by atoms with Gasteiger partial charge in [0.25, 0.3) is 5.56 Å². The highest BCUT2D eigenvalue weighted by atomic mass is 31.2. The van der Waals surface area contributed by atoms with Crippen LogP contribution in [-0.2, 0) is 28.2 Å². The minimum Gasteiger partial charge on any atom is -0.453 e. The summed E-state index contributed by atoms with van der Waals surface area (Å²) in [5.41, 5.74) is -0.959. The van der Waals surface area contributed by atoms with E-state index in [2.05, 4.69) is 10.1 Å². The van der Waals surface area contributed by atoms with Crippen LogP contribution in [0, 0.1) is 12.8 Å². The highest BCUT2D eigenvalue weighted by molar-refractivity contribution is 7.52. The van der Waals surface area contributed by atoms with E-state index >= 15 is 0 Å². The molecule has 0 radical (unpaired) electrons. The van der Waals surface area contributed by atoms with Crippen molar-refractivity contribution in [3.05, 3.63) is 62.9 Å². The van der Waals surface area contributed by atoms with Gasteiger partial charge in [0.1, 0.15) is 24.1 Å². The molecule has 0 spiro atoms. The second-order valence-electron chi connectivity index (χ2n) is 9.60. The smallest absolute Gasteiger partial charge is 0.453 e. The Morgan fingerprint density at radius 2 is 1.87 bits per heavy atom. The lowest BCUT2D eigenvalue weighted by molar-refractivity contribution is -0.156. The fourth-order valence-electron chi connectivity index (χ4n) is 3.81. The number of Topliss-reactive ketones (excluding diaryl/α,β-unsaturated/α-hetero) is 1. The molecule has 39 heavy (non-hydrogen) atoms. The van der Waals surface area contributed by atoms with E-state index in [1.807, 2.05) is 0 Å². The minimum absolute atomic E-state index is 0.00118. The molecule has 1 aliphatic rings. The number of hydrogen-bond donors (Lipinski definition) is 3. The second kappa shape index (κ2) is 12.8. The van der Waals surface area contributed by atoms with Crippen LogP contribution in [-0.4, -0.2) is 57.4 Å². The van der Waals surface area contributed by atoms with Crippen LogP contribution in [0.5, 0.6) is 5.75 Å². The van der Waals surface area contributed by atoms with Gasteiger partial charge in [0.05, 0.1) is 12.7 Å². The highest BCUT2D eigenvalue weighted by Gasteiger charge is 2.40. The number of carbonyl (C=O) groups excluding carboxylic acids is 2. The molecule has 214 valence electrons. The number of aliphatic hydroxyl groups is 1. The van der Waals surface area contributed by atoms with Crippen LogP contribution in [0.15, 0.2) is 46.1 Å². The van der Waals surface area contributed by atoms with Crippen LogP contribution in [0.1, 0.15) is 45.9 Å². The number of H-pyrrole nitrogens is 1. The minimum atomic E-state index is -4.27. The molecule has 13 nitrogen and oxygen atoms in total. The van der Waals surface area contributed by atoms with Gasteiger partial charge in [-0.2, -0.15) is 5.09 Å². The molecule has 6 atom stereocenters. The average molecular weight is 568 g/mol. The average Bonchev–Trinajstić information content (AvgIpc) is 3.24. The molecule has 2 aromatic rings. The maximum absolute atomic E-state index is 13.7. The Balaban J connectivity index is 1.72. The lowest BCUT2D eigenvalue weighted by atomic mass is 10.1. The highest BCUT2D eigenvalue weighted by Crippen LogP contribution is 2.46. The van der Waals surface area contributed by atoms with Crippen molar-refractivity contribution in [3.63, 3.8) is 0 Å². The molecular weight excluding hydrogens is 533 g/mol. The molecule has 0 bridgehead atoms. The Kier molecular flexibility index (Phi) is 10.0. The van der Waals surface area contributed by atoms with Gasteiger partial charge >= 0.3 is 19.4 Å². The van der Waals surface area contributed by atoms with E-state index in [0.717, 1.165) is 4.57 Å². The number of carbonyl (C=O) groups is 2. The molecule has 0 aliphatic carbocycles. The fourth-order valence-corrected chi connectivity index (χ4v) is 5.31. The number of nitrogens with one attached hydrogen (secondary N) is 2. The topological polar surface area (TPSA) is 175 Å². The first-order valence-electron chi connectivity index (χ1n) is 12.5. The number of nitrogens with zero attached hydrogens (tertiary/aromatic N) is 1. The molecule has 1 aromatic heterocycles. The largest absolute Gasteiger partial charge is 0.459 e. The van der Waals surface area contributed by atoms with Gasteiger partial charge in [-0.25, -0.2) is 9.36 Å². The summed E-state index contributed by atoms with van der Waals surface area (Å²) in [6.45, 7) is 7.28. The molecule has 3 rings (SSSR count). The van der Waals surface area contributed by atoms with Crippen LogP contribution in [0.2, 0.25) is 0 Å². The number of hydrogen-bond acceptors (Lipinski definition) is 10. The van der Waals surface area contributed by atoms with Crippen molar-refractivity contribution in [2.24, 2.45) is 5.92 Å². The number of esters is 1. The van der Waals surface area contributed by atoms with Gasteiger partial charge in [-0.15, -0.1) is 0 Å². The standard InChI is InChI=1S/C25H34N3O10P/c1-14(2)22(30)17(5)36-24(32)16(4)27-39(34,38-18-9-7-6-8-10-18)35-13-20-19(29)11-21(37-20)28-12-15(3)23(31)26-25(28)33/h6-10,12,14,16-17,19-21,29H,11,13H2,1-5H3,(H,27,34)(H,26,31,33)/t16-,17-,19+,20-,21-,39?/m0/s1. The maximum Gasteiger partial charge on any atom is 0.459 e. The lowest BCUT2D eigenvalue weighted by Crippen LogP contribution is -2.39. The zero-order valence-corrected chi connectivity index (χ0v) is 23.3. The Morgan fingerprint density at radius 3 is 2.51 bits per heavy atom. The van der Waals surface area contributed by atoms with Crippen molar-refractivity contribution in [3.8, 4) is 5.75 Å². The van der Waals surface area contributed by atoms with Crippen LogP contribution >= 0.6 is 7.75 Å². The first kappa shape index (κ1) is 30.5. The number of rotatable bonds is 12. The lowest BCUT2D eigenvalue weighted by Gasteiger charge is -2.25. The normalized spacial score (nSPS) is 22.2. The molecule has 1 unspecified atom stereocenters. The summed E-state index contributed by atoms with van der Waals surface area (Å²) in [4.78, 5) is 50.8. The number of aryl methyl sites for hydroxylation is 1. The van der Waals surface area contributed by atoms with E-state index in [4.69, 9.17) is 18.5 Å². The van der Waals surface area contributed by atoms with Crippen molar-refractivity contribution in [1.29, 1.82) is 0 Å². The Bertz CT molecular complexity index is 1330. The zero-order chi connectivity index (χ0) is 28.9. The molecule has 1 aromatic carbocycles. The summed E-state index contributed by atoms with van der Waals surface area (Å²) >= 11 is 0. The van der Waals surface area contributed by atoms with Crippen molar-refractivity contribution >= 4 is 19.5 Å². The number of ether oxygens (including phenoxy) is 2. The van der Waals surface area contributed by atoms with E-state index in [-0.39, 0.29) is 29.4 Å². The SMILES string of the molecule is Cc1cn([C@@H]2C[C@@H](O)[C@H](COP(=O)(N[C@@H](C)C(=O)O[C@@H](C)C(=O)C(C)C)Oc3ccccc3)O2)c(=O)[nH]c1=O. The van der Waals surface area contributed by atoms with E-state index in [9.17, 15) is 28.8 Å². The van der Waals surface area contributed by atoms with Crippen LogP contribution in [0.4, 0.5) is 0 Å². The number of aliphatic hydroxyl groups excluding tert-OH is 1. The third-order valence-corrected chi connectivity index (χ3v) is 7.65. The molecule has 14 heteroatoms. The Morgan fingerprint density at radius 1 is 1.21 bits per heavy atom. The molecule has 2 heterocycles. The Labute approximate surface area is 225 Å². The monoisotopic (exact) mass is 567 g/mol. The fraction of sp³-hybridized carbons (Fsp3) is 0.520. The molecule has 1 aliphatic heterocycles. The summed E-state index contributed by atoms with van der Waals surface area (Å²) in [5.74, 6) is -1.28. The van der Waals surface area contributed by atoms with E-state index in [1.165, 1.54) is 39.1 Å². The van der Waals surface area contributed by atoms with E-state index in [1.54, 1.807) is 32.0 Å². The van der Waals surface area contributed by atoms with Crippen LogP contribution in [0.3, 0.4) is 0 Å². The molecule has 0 amide bonds. The van der Waals surface area contributed by atoms with Crippen molar-refractivity contribution in [1.82, 2.24) is 14.6 Å². The van der Waals surface area contributed by atoms with Gasteiger partial charge in [-0.05, 0) is 32.9 Å². The summed E-state index contributed by atoms with van der Waals surface area (Å²) in [6.07, 6.45) is -2.71. The summed E-state index contributed by atoms with van der Waals surface area (Å²) in [6, 6.07) is 6.89. The quantitative estimate of drug-likeness (QED) is 0.252. The van der Waals surface area contributed by atoms with E-state index in [0.29, 0.717) is 0 Å². The third kappa shape index (κ3) is 7.96. The Hall–Kier alpha value is -3.09. The van der Waals surface area contributed by atoms with Crippen molar-refractivity contribution < 1.29 is 37.8 Å². The predicted octanol–water partition coefficient (Wildman–Crippen LogP) is 1.83. The van der Waals surface area contributed by atoms with Gasteiger partial charge in [-0.3, -0.25) is 28.5 Å². The molecular formula is C25H34N3O10P. The number of ketones is 1. The number of aromatic nitrogens is 2. The third-order valence-electron chi connectivity index (χ3n) is 6.01. The first-order chi connectivity index (χ1) is 18.3. The number of benzene rings is 1. The van der Waals surface area contributed by atoms with Crippen LogP contribution < -0.4 is 20.9 Å². The molecule has 1 fully saturated rings. The predicted molar refractivity (Wildman–Crippen MR) is 139 cm³/mol. The van der Waals surface area contributed by atoms with Crippen molar-refractivity contribution in [2.45, 2.75) is 71.6 Å². The van der Waals surface area contributed by atoms with Crippen molar-refractivity contribution in [2.75, 3.05) is 6.61 Å². The molecule has 0 saturated carbocycles. The second-order valence-corrected chi connectivity index (χ2v) is 11.3. The van der Waals surface area contributed by atoms with Gasteiger partial charge < -0.3 is 19.1 Å². The number of para-hydroxylation sites is 1. The summed E-state index contributed by atoms with van der Waals surface area (Å²) < 4.78 is 37.0. The van der Waals surface area contributed by atoms with Gasteiger partial charge in [0.2, 0.25) is 0 Å². The molecule has 1 saturated heterocycles. The molecule has 3 N–H and O–H groups in total. The maximum atomic E-state index is 13.7. The zero-order valence-electron chi connectivity index (χ0n) is 22.4. The summed E-state index contributed by atoms with van der Waals surface area (Å²) in [7, 11) is -4.27. The van der Waals surface area contributed by atoms with Gasteiger partial charge in [-0.1, -0.05) is 32.0 Å². The van der Waals surface area contributed by atoms with Crippen LogP contribution in [0.25, 0.3) is 0 Å². The summed E-state index contributed by atoms with van der Waals surface area (Å²) in [5, 5.41) is 13.1. The van der Waals surface area contributed by atoms with E-state index < -0.39 is 62.2 Å². The first-order valence-corrected chi connectivity index (χ1v) is 14.0.